The maximum absolute atomic E-state index is 11.4. The molecule has 0 saturated carbocycles. The molecule has 1 aliphatic heterocycles. The minimum absolute atomic E-state index is 0.00817. The Bertz CT molecular complexity index is 410. The molecule has 12 heteroatoms. The molecule has 0 aromatic carbocycles. The van der Waals surface area contributed by atoms with Crippen LogP contribution in [0.2, 0.25) is 0 Å². The van der Waals surface area contributed by atoms with Gasteiger partial charge in [-0.2, -0.15) is 37.9 Å². The Morgan fingerprint density at radius 3 is 1.00 bits per heavy atom. The van der Waals surface area contributed by atoms with E-state index in [1.165, 1.54) is 14.7 Å². The minimum Gasteiger partial charge on any atom is -0.480 e. The zero-order valence-electron chi connectivity index (χ0n) is 12.7. The molecule has 1 heterocycles. The van der Waals surface area contributed by atoms with Crippen molar-refractivity contribution in [3.05, 3.63) is 0 Å². The summed E-state index contributed by atoms with van der Waals surface area (Å²) < 4.78 is 0. The lowest BCUT2D eigenvalue weighted by molar-refractivity contribution is -0.159. The molecule has 1 fully saturated rings. The van der Waals surface area contributed by atoms with Gasteiger partial charge in [-0.05, 0) is 0 Å². The van der Waals surface area contributed by atoms with Gasteiger partial charge in [0, 0.05) is 17.3 Å². The lowest BCUT2D eigenvalue weighted by atomic mass is 10.2. The lowest BCUT2D eigenvalue weighted by Crippen LogP contribution is -2.65. The first-order valence-corrected chi connectivity index (χ1v) is 8.89. The van der Waals surface area contributed by atoms with Gasteiger partial charge in [0.15, 0.2) is 0 Å². The summed E-state index contributed by atoms with van der Waals surface area (Å²) in [6.07, 6.45) is 0. The first-order chi connectivity index (χ1) is 11.3. The summed E-state index contributed by atoms with van der Waals surface area (Å²) >= 11 is 12.1. The smallest absolute Gasteiger partial charge is 0.321 e. The van der Waals surface area contributed by atoms with Crippen LogP contribution in [0.5, 0.6) is 0 Å². The molecule has 0 aliphatic carbocycles. The van der Waals surface area contributed by atoms with Gasteiger partial charge in [-0.3, -0.25) is 29.1 Å². The van der Waals surface area contributed by atoms with Crippen LogP contribution in [0.1, 0.15) is 0 Å². The Morgan fingerprint density at radius 1 is 0.667 bits per heavy atom. The van der Waals surface area contributed by atoms with Crippen LogP contribution in [0.4, 0.5) is 0 Å². The van der Waals surface area contributed by atoms with Crippen molar-refractivity contribution < 1.29 is 29.7 Å². The molecule has 1 saturated heterocycles. The van der Waals surface area contributed by atoms with Gasteiger partial charge in [0.25, 0.3) is 0 Å². The molecule has 0 radical (unpaired) electrons. The van der Waals surface area contributed by atoms with E-state index in [1.807, 2.05) is 0 Å². The standard InChI is InChI=1S/C12H21N3O6S3/c16-10(17)7(1-22)13-4-14(8(2-23)11(18)19)6-15(5-13)9(3-24)12(20)21/h7-9,22-24H,1-6H2,(H,16,17)(H,18,19)(H,20,21). The van der Waals surface area contributed by atoms with Gasteiger partial charge < -0.3 is 15.3 Å². The summed E-state index contributed by atoms with van der Waals surface area (Å²) in [4.78, 5) is 38.6. The summed E-state index contributed by atoms with van der Waals surface area (Å²) in [5.41, 5.74) is 0. The Morgan fingerprint density at radius 2 is 0.875 bits per heavy atom. The molecule has 0 bridgehead atoms. The summed E-state index contributed by atoms with van der Waals surface area (Å²) in [6, 6.07) is -2.91. The van der Waals surface area contributed by atoms with Gasteiger partial charge in [0.1, 0.15) is 18.1 Å². The molecule has 1 rings (SSSR count). The number of carbonyl (C=O) groups is 3. The Kier molecular flexibility index (Phi) is 8.67. The zero-order valence-corrected chi connectivity index (χ0v) is 15.4. The average Bonchev–Trinajstić information content (AvgIpc) is 2.48. The average molecular weight is 400 g/mol. The van der Waals surface area contributed by atoms with E-state index >= 15 is 0 Å². The Hall–Kier alpha value is -0.660. The molecule has 0 spiro atoms. The van der Waals surface area contributed by atoms with Crippen molar-refractivity contribution in [2.24, 2.45) is 0 Å². The number of carboxylic acid groups (broad SMARTS) is 3. The second-order valence-electron chi connectivity index (χ2n) is 5.30. The fourth-order valence-electron chi connectivity index (χ4n) is 2.47. The summed E-state index contributed by atoms with van der Waals surface area (Å²) in [7, 11) is 0. The van der Waals surface area contributed by atoms with Crippen LogP contribution >= 0.6 is 37.9 Å². The maximum Gasteiger partial charge on any atom is 0.321 e. The molecule has 3 N–H and O–H groups in total. The molecular weight excluding hydrogens is 378 g/mol. The van der Waals surface area contributed by atoms with E-state index in [4.69, 9.17) is 0 Å². The van der Waals surface area contributed by atoms with Crippen molar-refractivity contribution >= 4 is 55.8 Å². The highest BCUT2D eigenvalue weighted by Crippen LogP contribution is 2.18. The van der Waals surface area contributed by atoms with Gasteiger partial charge in [-0.1, -0.05) is 0 Å². The molecule has 138 valence electrons. The molecule has 1 aliphatic rings. The van der Waals surface area contributed by atoms with Gasteiger partial charge >= 0.3 is 17.9 Å². The van der Waals surface area contributed by atoms with Gasteiger partial charge in [0.2, 0.25) is 0 Å². The third kappa shape index (κ3) is 5.17. The van der Waals surface area contributed by atoms with Crippen LogP contribution in [-0.2, 0) is 14.4 Å². The lowest BCUT2D eigenvalue weighted by Gasteiger charge is -2.47. The molecule has 0 aromatic heterocycles. The van der Waals surface area contributed by atoms with E-state index < -0.39 is 36.0 Å². The van der Waals surface area contributed by atoms with Crippen molar-refractivity contribution in [2.45, 2.75) is 18.1 Å². The van der Waals surface area contributed by atoms with Crippen LogP contribution in [0.25, 0.3) is 0 Å². The quantitative estimate of drug-likeness (QED) is 0.269. The molecule has 0 amide bonds. The maximum atomic E-state index is 11.4. The largest absolute Gasteiger partial charge is 0.480 e. The van der Waals surface area contributed by atoms with E-state index in [0.29, 0.717) is 0 Å². The summed E-state index contributed by atoms with van der Waals surface area (Å²) in [5, 5.41) is 28.0. The number of thiol groups is 3. The van der Waals surface area contributed by atoms with E-state index in [-0.39, 0.29) is 37.3 Å². The van der Waals surface area contributed by atoms with Crippen molar-refractivity contribution in [1.29, 1.82) is 0 Å². The van der Waals surface area contributed by atoms with Crippen LogP contribution in [0, 0.1) is 0 Å². The fourth-order valence-corrected chi connectivity index (χ4v) is 3.64. The SMILES string of the molecule is O=C(O)C(CS)N1CN(C(CS)C(=O)O)CN(C(CS)C(=O)O)C1. The molecule has 9 nitrogen and oxygen atoms in total. The first-order valence-electron chi connectivity index (χ1n) is 6.99. The second kappa shape index (κ2) is 9.73. The molecule has 0 aromatic rings. The molecular formula is C12H21N3O6S3. The molecule has 3 unspecified atom stereocenters. The highest BCUT2D eigenvalue weighted by atomic mass is 32.1. The third-order valence-electron chi connectivity index (χ3n) is 3.79. The monoisotopic (exact) mass is 399 g/mol. The normalized spacial score (nSPS) is 21.1. The van der Waals surface area contributed by atoms with E-state index in [2.05, 4.69) is 37.9 Å². The van der Waals surface area contributed by atoms with Crippen molar-refractivity contribution in [3.8, 4) is 0 Å². The second-order valence-corrected chi connectivity index (χ2v) is 6.40. The van der Waals surface area contributed by atoms with Crippen LogP contribution in [-0.4, -0.2) is 103 Å². The Balaban J connectivity index is 3.11. The first kappa shape index (κ1) is 21.4. The predicted molar refractivity (Wildman–Crippen MR) is 95.9 cm³/mol. The van der Waals surface area contributed by atoms with Gasteiger partial charge in [-0.15, -0.1) is 0 Å². The highest BCUT2D eigenvalue weighted by Gasteiger charge is 2.39. The Labute approximate surface area is 155 Å². The van der Waals surface area contributed by atoms with Gasteiger partial charge in [0.05, 0.1) is 20.0 Å². The minimum atomic E-state index is -1.11. The topological polar surface area (TPSA) is 122 Å². The zero-order chi connectivity index (χ0) is 18.4. The van der Waals surface area contributed by atoms with Crippen LogP contribution in [0.3, 0.4) is 0 Å². The number of nitrogens with zero attached hydrogens (tertiary/aromatic N) is 3. The molecule has 24 heavy (non-hydrogen) atoms. The number of carboxylic acids is 3. The third-order valence-corrected chi connectivity index (χ3v) is 4.82. The summed E-state index contributed by atoms with van der Waals surface area (Å²) in [5.74, 6) is -3.30. The van der Waals surface area contributed by atoms with E-state index in [9.17, 15) is 29.7 Å². The van der Waals surface area contributed by atoms with Crippen molar-refractivity contribution in [3.63, 3.8) is 0 Å². The number of hydrogen-bond donors (Lipinski definition) is 6. The van der Waals surface area contributed by atoms with Crippen LogP contribution in [0.15, 0.2) is 0 Å². The fraction of sp³-hybridized carbons (Fsp3) is 0.750. The number of hydrogen-bond acceptors (Lipinski definition) is 9. The predicted octanol–water partition coefficient (Wildman–Crippen LogP) is -1.07. The van der Waals surface area contributed by atoms with E-state index in [1.54, 1.807) is 0 Å². The number of aliphatic carboxylic acids is 3. The number of rotatable bonds is 9. The highest BCUT2D eigenvalue weighted by molar-refractivity contribution is 7.80. The van der Waals surface area contributed by atoms with Crippen molar-refractivity contribution in [1.82, 2.24) is 14.7 Å². The van der Waals surface area contributed by atoms with Crippen molar-refractivity contribution in [2.75, 3.05) is 37.3 Å². The van der Waals surface area contributed by atoms with Gasteiger partial charge in [-0.25, -0.2) is 0 Å². The summed E-state index contributed by atoms with van der Waals surface area (Å²) in [6.45, 7) is 0.180. The van der Waals surface area contributed by atoms with Crippen LogP contribution < -0.4 is 0 Å². The molecule has 3 atom stereocenters. The van der Waals surface area contributed by atoms with E-state index in [0.717, 1.165) is 0 Å².